The predicted octanol–water partition coefficient (Wildman–Crippen LogP) is 2.76. The van der Waals surface area contributed by atoms with Gasteiger partial charge in [-0.15, -0.1) is 0 Å². The van der Waals surface area contributed by atoms with Crippen LogP contribution in [-0.2, 0) is 19.1 Å². The predicted molar refractivity (Wildman–Crippen MR) is 84.8 cm³/mol. The van der Waals surface area contributed by atoms with E-state index in [4.69, 9.17) is 4.74 Å². The number of aryl methyl sites for hydroxylation is 1. The van der Waals surface area contributed by atoms with E-state index < -0.39 is 0 Å². The van der Waals surface area contributed by atoms with Gasteiger partial charge in [0.15, 0.2) is 5.82 Å². The number of aromatic nitrogens is 3. The van der Waals surface area contributed by atoms with Crippen molar-refractivity contribution >= 4 is 5.69 Å². The van der Waals surface area contributed by atoms with Crippen LogP contribution in [0.25, 0.3) is 0 Å². The van der Waals surface area contributed by atoms with Gasteiger partial charge in [0.25, 0.3) is 0 Å². The summed E-state index contributed by atoms with van der Waals surface area (Å²) < 4.78 is 7.62. The average Bonchev–Trinajstić information content (AvgIpc) is 2.81. The molecule has 0 aliphatic heterocycles. The Morgan fingerprint density at radius 2 is 1.95 bits per heavy atom. The summed E-state index contributed by atoms with van der Waals surface area (Å²) in [6.45, 7) is 6.94. The number of benzene rings is 1. The van der Waals surface area contributed by atoms with E-state index >= 15 is 0 Å². The third kappa shape index (κ3) is 3.74. The van der Waals surface area contributed by atoms with E-state index in [1.165, 1.54) is 11.3 Å². The summed E-state index contributed by atoms with van der Waals surface area (Å²) in [6.07, 6.45) is 1.68. The van der Waals surface area contributed by atoms with Crippen LogP contribution in [0, 0.1) is 0 Å². The first-order chi connectivity index (χ1) is 9.77. The Morgan fingerprint density at radius 1 is 1.24 bits per heavy atom. The molecular weight excluding hydrogens is 264 g/mol. The van der Waals surface area contributed by atoms with E-state index in [1.54, 1.807) is 11.0 Å². The SMILES string of the molecule is CN(C)c1ccc(OCc2ncn(C)n2)c(C(C)(C)C)c1. The number of hydrogen-bond acceptors (Lipinski definition) is 4. The van der Waals surface area contributed by atoms with Crippen LogP contribution >= 0.6 is 0 Å². The van der Waals surface area contributed by atoms with Crippen molar-refractivity contribution < 1.29 is 4.74 Å². The molecule has 1 heterocycles. The third-order valence-corrected chi connectivity index (χ3v) is 3.29. The first-order valence-corrected chi connectivity index (χ1v) is 7.06. The largest absolute Gasteiger partial charge is 0.485 e. The van der Waals surface area contributed by atoms with Gasteiger partial charge in [0.05, 0.1) is 0 Å². The van der Waals surface area contributed by atoms with Crippen LogP contribution in [0.15, 0.2) is 24.5 Å². The molecule has 0 atom stereocenters. The second kappa shape index (κ2) is 5.76. The second-order valence-electron chi connectivity index (χ2n) is 6.45. The van der Waals surface area contributed by atoms with Gasteiger partial charge in [0.2, 0.25) is 0 Å². The molecule has 0 bridgehead atoms. The fraction of sp³-hybridized carbons (Fsp3) is 0.500. The average molecular weight is 288 g/mol. The summed E-state index contributed by atoms with van der Waals surface area (Å²) >= 11 is 0. The molecule has 1 aromatic heterocycles. The number of rotatable bonds is 4. The van der Waals surface area contributed by atoms with Gasteiger partial charge in [-0.25, -0.2) is 4.98 Å². The first kappa shape index (κ1) is 15.4. The maximum Gasteiger partial charge on any atom is 0.188 e. The molecule has 0 N–H and O–H groups in total. The highest BCUT2D eigenvalue weighted by Crippen LogP contribution is 2.34. The smallest absolute Gasteiger partial charge is 0.188 e. The fourth-order valence-electron chi connectivity index (χ4n) is 2.10. The van der Waals surface area contributed by atoms with Crippen LogP contribution < -0.4 is 9.64 Å². The minimum Gasteiger partial charge on any atom is -0.485 e. The van der Waals surface area contributed by atoms with E-state index in [0.717, 1.165) is 5.75 Å². The molecule has 0 saturated carbocycles. The Balaban J connectivity index is 2.25. The van der Waals surface area contributed by atoms with Crippen LogP contribution in [0.1, 0.15) is 32.2 Å². The summed E-state index contributed by atoms with van der Waals surface area (Å²) in [6, 6.07) is 6.27. The van der Waals surface area contributed by atoms with Crippen LogP contribution in [0.5, 0.6) is 5.75 Å². The molecule has 114 valence electrons. The van der Waals surface area contributed by atoms with Gasteiger partial charge in [-0.2, -0.15) is 5.10 Å². The second-order valence-corrected chi connectivity index (χ2v) is 6.45. The minimum atomic E-state index is 0.0128. The van der Waals surface area contributed by atoms with E-state index in [9.17, 15) is 0 Å². The molecule has 2 aromatic rings. The number of ether oxygens (including phenoxy) is 1. The first-order valence-electron chi connectivity index (χ1n) is 7.06. The topological polar surface area (TPSA) is 43.2 Å². The molecule has 0 amide bonds. The Morgan fingerprint density at radius 3 is 2.48 bits per heavy atom. The van der Waals surface area contributed by atoms with E-state index in [1.807, 2.05) is 27.2 Å². The Kier molecular flexibility index (Phi) is 4.21. The van der Waals surface area contributed by atoms with E-state index in [-0.39, 0.29) is 5.41 Å². The zero-order valence-electron chi connectivity index (χ0n) is 13.7. The van der Waals surface area contributed by atoms with Gasteiger partial charge in [-0.1, -0.05) is 20.8 Å². The molecule has 2 rings (SSSR count). The maximum absolute atomic E-state index is 5.94. The summed E-state index contributed by atoms with van der Waals surface area (Å²) in [5, 5.41) is 4.24. The highest BCUT2D eigenvalue weighted by atomic mass is 16.5. The number of anilines is 1. The number of hydrogen-bond donors (Lipinski definition) is 0. The van der Waals surface area contributed by atoms with Crippen LogP contribution in [0.2, 0.25) is 0 Å². The lowest BCUT2D eigenvalue weighted by Gasteiger charge is -2.25. The maximum atomic E-state index is 5.94. The number of nitrogens with zero attached hydrogens (tertiary/aromatic N) is 4. The molecule has 5 heteroatoms. The Hall–Kier alpha value is -2.04. The van der Waals surface area contributed by atoms with E-state index in [0.29, 0.717) is 12.4 Å². The standard InChI is InChI=1S/C16H24N4O/c1-16(2,3)13-9-12(19(4)5)7-8-14(13)21-10-15-17-11-20(6)18-15/h7-9,11H,10H2,1-6H3. The van der Waals surface area contributed by atoms with Crippen molar-refractivity contribution in [2.45, 2.75) is 32.8 Å². The molecule has 0 spiro atoms. The summed E-state index contributed by atoms with van der Waals surface area (Å²) in [4.78, 5) is 6.28. The highest BCUT2D eigenvalue weighted by Gasteiger charge is 2.20. The van der Waals surface area contributed by atoms with Crippen LogP contribution in [0.3, 0.4) is 0 Å². The Bertz CT molecular complexity index is 611. The molecule has 0 unspecified atom stereocenters. The van der Waals surface area contributed by atoms with Gasteiger partial charge in [0, 0.05) is 32.4 Å². The van der Waals surface area contributed by atoms with E-state index in [2.05, 4.69) is 47.9 Å². The van der Waals surface area contributed by atoms with Crippen LogP contribution in [0.4, 0.5) is 5.69 Å². The van der Waals surface area contributed by atoms with Gasteiger partial charge >= 0.3 is 0 Å². The molecule has 21 heavy (non-hydrogen) atoms. The molecule has 0 saturated heterocycles. The zero-order valence-corrected chi connectivity index (χ0v) is 13.7. The van der Waals surface area contributed by atoms with Gasteiger partial charge < -0.3 is 9.64 Å². The molecule has 0 fully saturated rings. The molecule has 5 nitrogen and oxygen atoms in total. The lowest BCUT2D eigenvalue weighted by atomic mass is 9.86. The molecule has 0 aliphatic rings. The third-order valence-electron chi connectivity index (χ3n) is 3.29. The van der Waals surface area contributed by atoms with Crippen molar-refractivity contribution in [1.29, 1.82) is 0 Å². The van der Waals surface area contributed by atoms with Crippen molar-refractivity contribution in [3.05, 3.63) is 35.9 Å². The molecule has 0 radical (unpaired) electrons. The summed E-state index contributed by atoms with van der Waals surface area (Å²) in [5.41, 5.74) is 2.37. The van der Waals surface area contributed by atoms with Crippen molar-refractivity contribution in [2.75, 3.05) is 19.0 Å². The monoisotopic (exact) mass is 288 g/mol. The Labute approximate surface area is 126 Å². The minimum absolute atomic E-state index is 0.0128. The molecule has 0 aliphatic carbocycles. The molecular formula is C16H24N4O. The highest BCUT2D eigenvalue weighted by molar-refractivity contribution is 5.54. The van der Waals surface area contributed by atoms with Crippen molar-refractivity contribution in [2.24, 2.45) is 7.05 Å². The normalized spacial score (nSPS) is 11.5. The van der Waals surface area contributed by atoms with Crippen molar-refractivity contribution in [3.8, 4) is 5.75 Å². The summed E-state index contributed by atoms with van der Waals surface area (Å²) in [7, 11) is 5.93. The lowest BCUT2D eigenvalue weighted by Crippen LogP contribution is -2.16. The van der Waals surface area contributed by atoms with Crippen molar-refractivity contribution in [3.63, 3.8) is 0 Å². The van der Waals surface area contributed by atoms with Gasteiger partial charge in [-0.3, -0.25) is 4.68 Å². The lowest BCUT2D eigenvalue weighted by molar-refractivity contribution is 0.287. The fourth-order valence-corrected chi connectivity index (χ4v) is 2.10. The van der Waals surface area contributed by atoms with Crippen LogP contribution in [-0.4, -0.2) is 28.9 Å². The van der Waals surface area contributed by atoms with Gasteiger partial charge in [-0.05, 0) is 23.6 Å². The summed E-state index contributed by atoms with van der Waals surface area (Å²) in [5.74, 6) is 1.58. The molecule has 1 aromatic carbocycles. The van der Waals surface area contributed by atoms with Crippen molar-refractivity contribution in [1.82, 2.24) is 14.8 Å². The zero-order chi connectivity index (χ0) is 15.6. The quantitative estimate of drug-likeness (QED) is 0.867. The van der Waals surface area contributed by atoms with Gasteiger partial charge in [0.1, 0.15) is 18.7 Å².